The average molecular weight is 483 g/mol. The predicted octanol–water partition coefficient (Wildman–Crippen LogP) is 6.26. The average Bonchev–Trinajstić information content (AvgIpc) is 3.32. The molecular weight excluding hydrogens is 460 g/mol. The Morgan fingerprint density at radius 3 is 2.40 bits per heavy atom. The van der Waals surface area contributed by atoms with E-state index in [9.17, 15) is 4.79 Å². The third-order valence-electron chi connectivity index (χ3n) is 5.09. The topological polar surface area (TPSA) is 50.2 Å². The lowest BCUT2D eigenvalue weighted by molar-refractivity contribution is 0.103. The Bertz CT molecular complexity index is 1170. The van der Waals surface area contributed by atoms with Gasteiger partial charge in [0.2, 0.25) is 0 Å². The van der Waals surface area contributed by atoms with Crippen LogP contribution in [0.3, 0.4) is 0 Å². The van der Waals surface area contributed by atoms with Crippen LogP contribution in [0.2, 0.25) is 0 Å². The quantitative estimate of drug-likeness (QED) is 0.352. The molecule has 2 heterocycles. The molecule has 0 aliphatic heterocycles. The summed E-state index contributed by atoms with van der Waals surface area (Å²) >= 11 is 4.92. The van der Waals surface area contributed by atoms with Crippen LogP contribution in [0.1, 0.15) is 29.2 Å². The van der Waals surface area contributed by atoms with E-state index in [4.69, 9.17) is 0 Å². The second-order valence-corrected chi connectivity index (χ2v) is 8.92. The molecule has 2 aromatic carbocycles. The minimum absolute atomic E-state index is 0.103. The number of hydrogen-bond donors (Lipinski definition) is 1. The molecule has 4 rings (SSSR count). The third kappa shape index (κ3) is 4.00. The van der Waals surface area contributed by atoms with Gasteiger partial charge in [0.1, 0.15) is 4.83 Å². The number of halogens is 1. The molecule has 0 saturated heterocycles. The molecule has 0 atom stereocenters. The first-order chi connectivity index (χ1) is 14.5. The van der Waals surface area contributed by atoms with Crippen molar-refractivity contribution in [2.45, 2.75) is 20.8 Å². The smallest absolute Gasteiger partial charge is 0.265 e. The van der Waals surface area contributed by atoms with E-state index in [1.54, 1.807) is 0 Å². The van der Waals surface area contributed by atoms with Crippen molar-refractivity contribution in [1.82, 2.24) is 9.78 Å². The number of rotatable bonds is 6. The summed E-state index contributed by atoms with van der Waals surface area (Å²) in [6, 6.07) is 17.9. The molecular formula is C23H23BrN4OS. The molecule has 5 nitrogen and oxygen atoms in total. The summed E-state index contributed by atoms with van der Waals surface area (Å²) in [7, 11) is 0. The number of hydrogen-bond acceptors (Lipinski definition) is 4. The Kier molecular flexibility index (Phi) is 5.92. The highest BCUT2D eigenvalue weighted by molar-refractivity contribution is 9.10. The van der Waals surface area contributed by atoms with Crippen molar-refractivity contribution < 1.29 is 4.79 Å². The van der Waals surface area contributed by atoms with E-state index in [0.29, 0.717) is 4.88 Å². The van der Waals surface area contributed by atoms with Crippen LogP contribution in [0, 0.1) is 6.92 Å². The van der Waals surface area contributed by atoms with Crippen LogP contribution in [-0.4, -0.2) is 28.8 Å². The first kappa shape index (κ1) is 20.6. The third-order valence-corrected chi connectivity index (χ3v) is 6.73. The number of carbonyl (C=O) groups excluding carboxylic acids is 1. The molecule has 2 aromatic heterocycles. The Morgan fingerprint density at radius 1 is 1.10 bits per heavy atom. The van der Waals surface area contributed by atoms with Gasteiger partial charge in [0, 0.05) is 34.3 Å². The van der Waals surface area contributed by atoms with Gasteiger partial charge in [-0.15, -0.1) is 11.3 Å². The van der Waals surface area contributed by atoms with Crippen LogP contribution in [-0.2, 0) is 0 Å². The lowest BCUT2D eigenvalue weighted by Crippen LogP contribution is -2.21. The molecule has 0 radical (unpaired) electrons. The molecule has 0 saturated carbocycles. The molecule has 0 unspecified atom stereocenters. The van der Waals surface area contributed by atoms with Crippen LogP contribution in [0.15, 0.2) is 59.1 Å². The fourth-order valence-corrected chi connectivity index (χ4v) is 4.80. The summed E-state index contributed by atoms with van der Waals surface area (Å²) in [6.45, 7) is 8.16. The fourth-order valence-electron chi connectivity index (χ4n) is 3.45. The Balaban J connectivity index is 1.58. The summed E-state index contributed by atoms with van der Waals surface area (Å²) in [5.74, 6) is -0.103. The maximum Gasteiger partial charge on any atom is 0.265 e. The number of aryl methyl sites for hydroxylation is 1. The monoisotopic (exact) mass is 482 g/mol. The lowest BCUT2D eigenvalue weighted by Gasteiger charge is -2.21. The Morgan fingerprint density at radius 2 is 1.77 bits per heavy atom. The largest absolute Gasteiger partial charge is 0.372 e. The standard InChI is InChI=1S/C23H23BrN4OS/c1-4-27(5-2)18-12-8-17(9-13-18)25-22(29)21-14-20-15(3)26-28(23(20)30-21)19-10-6-16(24)7-11-19/h6-14H,4-5H2,1-3H3,(H,25,29). The van der Waals surface area contributed by atoms with Crippen molar-refractivity contribution in [1.29, 1.82) is 0 Å². The minimum atomic E-state index is -0.103. The first-order valence-electron chi connectivity index (χ1n) is 9.91. The number of benzene rings is 2. The summed E-state index contributed by atoms with van der Waals surface area (Å²) < 4.78 is 2.92. The molecule has 0 aliphatic rings. The van der Waals surface area contributed by atoms with Gasteiger partial charge in [-0.1, -0.05) is 15.9 Å². The number of carbonyl (C=O) groups is 1. The zero-order valence-electron chi connectivity index (χ0n) is 17.1. The van der Waals surface area contributed by atoms with Crippen LogP contribution in [0.4, 0.5) is 11.4 Å². The number of anilines is 2. The van der Waals surface area contributed by atoms with Gasteiger partial charge in [-0.05, 0) is 75.4 Å². The zero-order chi connectivity index (χ0) is 21.3. The number of nitrogens with one attached hydrogen (secondary N) is 1. The summed E-state index contributed by atoms with van der Waals surface area (Å²) in [4.78, 5) is 16.8. The Labute approximate surface area is 188 Å². The number of thiophene rings is 1. The maximum absolute atomic E-state index is 12.9. The Hall–Kier alpha value is -2.64. The van der Waals surface area contributed by atoms with Gasteiger partial charge in [0.25, 0.3) is 5.91 Å². The SMILES string of the molecule is CCN(CC)c1ccc(NC(=O)c2cc3c(C)nn(-c4ccc(Br)cc4)c3s2)cc1. The normalized spacial score (nSPS) is 11.1. The van der Waals surface area contributed by atoms with Crippen LogP contribution >= 0.6 is 27.3 Å². The highest BCUT2D eigenvalue weighted by Gasteiger charge is 2.17. The van der Waals surface area contributed by atoms with E-state index in [1.165, 1.54) is 11.3 Å². The second-order valence-electron chi connectivity index (χ2n) is 6.98. The van der Waals surface area contributed by atoms with Gasteiger partial charge in [-0.3, -0.25) is 4.79 Å². The molecule has 30 heavy (non-hydrogen) atoms. The van der Waals surface area contributed by atoms with E-state index >= 15 is 0 Å². The van der Waals surface area contributed by atoms with E-state index in [2.05, 4.69) is 45.1 Å². The zero-order valence-corrected chi connectivity index (χ0v) is 19.5. The molecule has 0 aliphatic carbocycles. The summed E-state index contributed by atoms with van der Waals surface area (Å²) in [6.07, 6.45) is 0. The van der Waals surface area contributed by atoms with Gasteiger partial charge >= 0.3 is 0 Å². The van der Waals surface area contributed by atoms with E-state index < -0.39 is 0 Å². The molecule has 0 spiro atoms. The van der Waals surface area contributed by atoms with Crippen molar-refractivity contribution in [3.63, 3.8) is 0 Å². The van der Waals surface area contributed by atoms with Crippen LogP contribution in [0.25, 0.3) is 15.9 Å². The van der Waals surface area contributed by atoms with Crippen molar-refractivity contribution in [2.24, 2.45) is 0 Å². The fraction of sp³-hybridized carbons (Fsp3) is 0.217. The van der Waals surface area contributed by atoms with Gasteiger partial charge in [0.15, 0.2) is 0 Å². The number of amides is 1. The number of aromatic nitrogens is 2. The molecule has 7 heteroatoms. The van der Waals surface area contributed by atoms with Crippen molar-refractivity contribution >= 4 is 54.8 Å². The number of fused-ring (bicyclic) bond motifs is 1. The lowest BCUT2D eigenvalue weighted by atomic mass is 10.2. The van der Waals surface area contributed by atoms with Gasteiger partial charge in [-0.25, -0.2) is 4.68 Å². The number of nitrogens with zero attached hydrogens (tertiary/aromatic N) is 3. The van der Waals surface area contributed by atoms with Crippen LogP contribution in [0.5, 0.6) is 0 Å². The predicted molar refractivity (Wildman–Crippen MR) is 129 cm³/mol. The van der Waals surface area contributed by atoms with Crippen LogP contribution < -0.4 is 10.2 Å². The highest BCUT2D eigenvalue weighted by atomic mass is 79.9. The maximum atomic E-state index is 12.9. The van der Waals surface area contributed by atoms with E-state index in [0.717, 1.165) is 50.5 Å². The molecule has 154 valence electrons. The highest BCUT2D eigenvalue weighted by Crippen LogP contribution is 2.31. The molecule has 1 amide bonds. The van der Waals surface area contributed by atoms with Crippen molar-refractivity contribution in [3.8, 4) is 5.69 Å². The molecule has 4 aromatic rings. The summed E-state index contributed by atoms with van der Waals surface area (Å²) in [5, 5.41) is 8.67. The summed E-state index contributed by atoms with van der Waals surface area (Å²) in [5.41, 5.74) is 3.83. The van der Waals surface area contributed by atoms with Crippen molar-refractivity contribution in [3.05, 3.63) is 69.6 Å². The second kappa shape index (κ2) is 8.62. The van der Waals surface area contributed by atoms with E-state index in [-0.39, 0.29) is 5.91 Å². The molecule has 0 fully saturated rings. The van der Waals surface area contributed by atoms with Gasteiger partial charge < -0.3 is 10.2 Å². The van der Waals surface area contributed by atoms with Gasteiger partial charge in [-0.2, -0.15) is 5.10 Å². The minimum Gasteiger partial charge on any atom is -0.372 e. The first-order valence-corrected chi connectivity index (χ1v) is 11.5. The van der Waals surface area contributed by atoms with Gasteiger partial charge in [0.05, 0.1) is 16.3 Å². The van der Waals surface area contributed by atoms with E-state index in [1.807, 2.05) is 66.2 Å². The molecule has 1 N–H and O–H groups in total. The van der Waals surface area contributed by atoms with Crippen molar-refractivity contribution in [2.75, 3.05) is 23.3 Å². The molecule has 0 bridgehead atoms.